The number of allylic oxidation sites excluding steroid dienone is 1. The molecule has 1 aliphatic rings. The maximum absolute atomic E-state index is 12.9. The topological polar surface area (TPSA) is 55.1 Å². The molecular weight excluding hydrogens is 339 g/mol. The molecule has 1 heterocycles. The van der Waals surface area contributed by atoms with Gasteiger partial charge in [0.15, 0.2) is 5.76 Å². The van der Waals surface area contributed by atoms with Crippen molar-refractivity contribution in [3.05, 3.63) is 47.9 Å². The van der Waals surface area contributed by atoms with Crippen LogP contribution >= 0.6 is 11.8 Å². The summed E-state index contributed by atoms with van der Waals surface area (Å²) in [5.74, 6) is 0.510. The van der Waals surface area contributed by atoms with E-state index in [-0.39, 0.29) is 17.5 Å². The van der Waals surface area contributed by atoms with Gasteiger partial charge in [0, 0.05) is 12.1 Å². The Kier molecular flexibility index (Phi) is 6.28. The molecule has 3 rings (SSSR count). The van der Waals surface area contributed by atoms with Gasteiger partial charge in [-0.2, -0.15) is 0 Å². The van der Waals surface area contributed by atoms with Crippen LogP contribution in [-0.4, -0.2) is 23.2 Å². The third-order valence-electron chi connectivity index (χ3n) is 4.09. The van der Waals surface area contributed by atoms with Gasteiger partial charge in [0.25, 0.3) is 5.22 Å². The number of hydrogen-bond acceptors (Lipinski definition) is 4. The van der Waals surface area contributed by atoms with Crippen LogP contribution in [0.15, 0.2) is 51.8 Å². The standard InChI is InChI=1S/C19H21FN2O2S/c20-16-8-6-15(7-9-16)17-12-22-19(24-17)25-13-18(23)21-11-10-14-4-2-1-3-5-14/h4,6-9,12H,1-3,5,10-11,13H2,(H,21,23). The van der Waals surface area contributed by atoms with Crippen LogP contribution in [-0.2, 0) is 4.79 Å². The first-order chi connectivity index (χ1) is 12.2. The number of carbonyl (C=O) groups is 1. The smallest absolute Gasteiger partial charge is 0.256 e. The average molecular weight is 360 g/mol. The third kappa shape index (κ3) is 5.46. The number of aromatic nitrogens is 1. The van der Waals surface area contributed by atoms with E-state index in [0.717, 1.165) is 18.4 Å². The highest BCUT2D eigenvalue weighted by molar-refractivity contribution is 7.99. The fraction of sp³-hybridized carbons (Fsp3) is 0.368. The Balaban J connectivity index is 1.41. The zero-order valence-corrected chi connectivity index (χ0v) is 14.8. The van der Waals surface area contributed by atoms with Gasteiger partial charge in [0.1, 0.15) is 5.82 Å². The van der Waals surface area contributed by atoms with Crippen molar-refractivity contribution in [1.29, 1.82) is 0 Å². The second kappa shape index (κ2) is 8.85. The first kappa shape index (κ1) is 17.7. The molecule has 1 aliphatic carbocycles. The minimum absolute atomic E-state index is 0.0251. The maximum atomic E-state index is 12.9. The summed E-state index contributed by atoms with van der Waals surface area (Å²) in [4.78, 5) is 16.1. The Hall–Kier alpha value is -2.08. The van der Waals surface area contributed by atoms with Crippen LogP contribution < -0.4 is 5.32 Å². The van der Waals surface area contributed by atoms with E-state index in [1.165, 1.54) is 48.7 Å². The Morgan fingerprint density at radius 2 is 2.12 bits per heavy atom. The van der Waals surface area contributed by atoms with E-state index >= 15 is 0 Å². The molecule has 0 fully saturated rings. The summed E-state index contributed by atoms with van der Waals surface area (Å²) < 4.78 is 18.5. The first-order valence-electron chi connectivity index (χ1n) is 8.50. The van der Waals surface area contributed by atoms with Crippen LogP contribution in [0.5, 0.6) is 0 Å². The number of carbonyl (C=O) groups excluding carboxylic acids is 1. The van der Waals surface area contributed by atoms with Gasteiger partial charge in [-0.3, -0.25) is 4.79 Å². The summed E-state index contributed by atoms with van der Waals surface area (Å²) in [6.45, 7) is 0.678. The molecule has 25 heavy (non-hydrogen) atoms. The molecule has 1 aromatic heterocycles. The zero-order chi connectivity index (χ0) is 17.5. The van der Waals surface area contributed by atoms with Gasteiger partial charge in [-0.15, -0.1) is 0 Å². The molecule has 0 atom stereocenters. The molecule has 0 radical (unpaired) electrons. The van der Waals surface area contributed by atoms with E-state index < -0.39 is 0 Å². The summed E-state index contributed by atoms with van der Waals surface area (Å²) in [6, 6.07) is 6.02. The van der Waals surface area contributed by atoms with E-state index in [9.17, 15) is 9.18 Å². The maximum Gasteiger partial charge on any atom is 0.256 e. The lowest BCUT2D eigenvalue weighted by molar-refractivity contribution is -0.118. The molecule has 2 aromatic rings. The number of halogens is 1. The Morgan fingerprint density at radius 3 is 2.88 bits per heavy atom. The third-order valence-corrected chi connectivity index (χ3v) is 4.94. The van der Waals surface area contributed by atoms with Gasteiger partial charge in [-0.1, -0.05) is 23.4 Å². The van der Waals surface area contributed by atoms with Crippen molar-refractivity contribution in [2.45, 2.75) is 37.3 Å². The molecule has 0 saturated carbocycles. The van der Waals surface area contributed by atoms with E-state index in [1.54, 1.807) is 18.3 Å². The minimum Gasteiger partial charge on any atom is -0.431 e. The number of nitrogens with one attached hydrogen (secondary N) is 1. The Morgan fingerprint density at radius 1 is 1.28 bits per heavy atom. The number of benzene rings is 1. The van der Waals surface area contributed by atoms with Crippen LogP contribution in [0.2, 0.25) is 0 Å². The molecule has 0 saturated heterocycles. The van der Waals surface area contributed by atoms with Gasteiger partial charge >= 0.3 is 0 Å². The Bertz CT molecular complexity index is 740. The largest absolute Gasteiger partial charge is 0.431 e. The highest BCUT2D eigenvalue weighted by atomic mass is 32.2. The molecule has 1 N–H and O–H groups in total. The number of amides is 1. The number of hydrogen-bond donors (Lipinski definition) is 1. The normalized spacial score (nSPS) is 14.2. The molecule has 132 valence electrons. The van der Waals surface area contributed by atoms with Crippen LogP contribution in [0.25, 0.3) is 11.3 Å². The summed E-state index contributed by atoms with van der Waals surface area (Å²) in [5.41, 5.74) is 2.21. The monoisotopic (exact) mass is 360 g/mol. The number of nitrogens with zero attached hydrogens (tertiary/aromatic N) is 1. The Labute approximate surface area is 150 Å². The van der Waals surface area contributed by atoms with Crippen molar-refractivity contribution in [2.75, 3.05) is 12.3 Å². The van der Waals surface area contributed by atoms with Crippen molar-refractivity contribution < 1.29 is 13.6 Å². The average Bonchev–Trinajstić information content (AvgIpc) is 3.10. The van der Waals surface area contributed by atoms with E-state index in [0.29, 0.717) is 17.5 Å². The van der Waals surface area contributed by atoms with E-state index in [1.807, 2.05) is 0 Å². The fourth-order valence-corrected chi connectivity index (χ4v) is 3.38. The van der Waals surface area contributed by atoms with E-state index in [4.69, 9.17) is 4.42 Å². The molecule has 0 bridgehead atoms. The summed E-state index contributed by atoms with van der Waals surface area (Å²) in [7, 11) is 0. The van der Waals surface area contributed by atoms with E-state index in [2.05, 4.69) is 16.4 Å². The van der Waals surface area contributed by atoms with Crippen molar-refractivity contribution in [3.8, 4) is 11.3 Å². The second-order valence-corrected chi connectivity index (χ2v) is 6.92. The molecule has 1 amide bonds. The highest BCUT2D eigenvalue weighted by Crippen LogP contribution is 2.25. The van der Waals surface area contributed by atoms with Crippen molar-refractivity contribution in [2.24, 2.45) is 0 Å². The molecule has 6 heteroatoms. The van der Waals surface area contributed by atoms with Gasteiger partial charge < -0.3 is 9.73 Å². The predicted molar refractivity (Wildman–Crippen MR) is 96.8 cm³/mol. The SMILES string of the molecule is O=C(CSc1ncc(-c2ccc(F)cc2)o1)NCCC1=CCCCC1. The number of thioether (sulfide) groups is 1. The van der Waals surface area contributed by atoms with Crippen molar-refractivity contribution in [3.63, 3.8) is 0 Å². The summed E-state index contributed by atoms with van der Waals surface area (Å²) in [5, 5.41) is 3.37. The molecule has 1 aromatic carbocycles. The lowest BCUT2D eigenvalue weighted by Crippen LogP contribution is -2.26. The van der Waals surface area contributed by atoms with Gasteiger partial charge in [0.2, 0.25) is 5.91 Å². The summed E-state index contributed by atoms with van der Waals surface area (Å²) in [6.07, 6.45) is 9.69. The lowest BCUT2D eigenvalue weighted by atomic mass is 9.97. The van der Waals surface area contributed by atoms with Crippen LogP contribution in [0.1, 0.15) is 32.1 Å². The quantitative estimate of drug-likeness (QED) is 0.580. The molecule has 4 nitrogen and oxygen atoms in total. The van der Waals surface area contributed by atoms with Gasteiger partial charge in [-0.05, 0) is 56.4 Å². The highest BCUT2D eigenvalue weighted by Gasteiger charge is 2.10. The lowest BCUT2D eigenvalue weighted by Gasteiger charge is -2.12. The molecular formula is C19H21FN2O2S. The second-order valence-electron chi connectivity index (χ2n) is 5.99. The predicted octanol–water partition coefficient (Wildman–Crippen LogP) is 4.58. The fourth-order valence-electron chi connectivity index (χ4n) is 2.74. The van der Waals surface area contributed by atoms with Crippen LogP contribution in [0.4, 0.5) is 4.39 Å². The molecule has 0 spiro atoms. The summed E-state index contributed by atoms with van der Waals surface area (Å²) >= 11 is 1.25. The number of oxazole rings is 1. The number of rotatable bonds is 7. The van der Waals surface area contributed by atoms with Crippen molar-refractivity contribution in [1.82, 2.24) is 10.3 Å². The molecule has 0 unspecified atom stereocenters. The molecule has 0 aliphatic heterocycles. The van der Waals surface area contributed by atoms with Crippen LogP contribution in [0, 0.1) is 5.82 Å². The van der Waals surface area contributed by atoms with Gasteiger partial charge in [0.05, 0.1) is 11.9 Å². The first-order valence-corrected chi connectivity index (χ1v) is 9.48. The minimum atomic E-state index is -0.293. The van der Waals surface area contributed by atoms with Crippen LogP contribution in [0.3, 0.4) is 0 Å². The zero-order valence-electron chi connectivity index (χ0n) is 14.0. The van der Waals surface area contributed by atoms with Gasteiger partial charge in [-0.25, -0.2) is 9.37 Å². The van der Waals surface area contributed by atoms with Crippen molar-refractivity contribution >= 4 is 17.7 Å².